The van der Waals surface area contributed by atoms with Gasteiger partial charge in [0.2, 0.25) is 0 Å². The number of halogens is 3. The normalized spacial score (nSPS) is 22.9. The number of nitrogens with two attached hydrogens (primary N) is 1. The van der Waals surface area contributed by atoms with Crippen molar-refractivity contribution in [3.8, 4) is 0 Å². The molecule has 4 nitrogen and oxygen atoms in total. The Morgan fingerprint density at radius 3 is 2.32 bits per heavy atom. The van der Waals surface area contributed by atoms with Crippen LogP contribution in [0.1, 0.15) is 12.8 Å². The highest BCUT2D eigenvalue weighted by atomic mass is 19.4. The van der Waals surface area contributed by atoms with Gasteiger partial charge < -0.3 is 4.74 Å². The molecule has 2 rings (SSSR count). The SMILES string of the molecule is NN1CCN(CC2=CC=C(OC(F)(F)F)CC2)CC1. The van der Waals surface area contributed by atoms with E-state index in [0.717, 1.165) is 38.3 Å². The van der Waals surface area contributed by atoms with E-state index in [1.165, 1.54) is 6.08 Å². The first-order chi connectivity index (χ1) is 8.92. The molecule has 1 saturated heterocycles. The quantitative estimate of drug-likeness (QED) is 0.796. The Morgan fingerprint density at radius 2 is 1.79 bits per heavy atom. The first kappa shape index (κ1) is 14.4. The van der Waals surface area contributed by atoms with E-state index in [4.69, 9.17) is 5.84 Å². The van der Waals surface area contributed by atoms with Crippen LogP contribution in [0.25, 0.3) is 0 Å². The Hall–Kier alpha value is -1.05. The Balaban J connectivity index is 1.83. The third-order valence-corrected chi connectivity index (χ3v) is 3.28. The maximum Gasteiger partial charge on any atom is 0.572 e. The van der Waals surface area contributed by atoms with Gasteiger partial charge in [0, 0.05) is 39.1 Å². The van der Waals surface area contributed by atoms with E-state index in [1.54, 1.807) is 11.1 Å². The largest absolute Gasteiger partial charge is 0.572 e. The van der Waals surface area contributed by atoms with Crippen LogP contribution in [0.5, 0.6) is 0 Å². The van der Waals surface area contributed by atoms with Crippen LogP contribution in [0, 0.1) is 0 Å². The summed E-state index contributed by atoms with van der Waals surface area (Å²) in [4.78, 5) is 2.26. The lowest BCUT2D eigenvalue weighted by Gasteiger charge is -2.32. The van der Waals surface area contributed by atoms with E-state index in [9.17, 15) is 13.2 Å². The molecule has 19 heavy (non-hydrogen) atoms. The van der Waals surface area contributed by atoms with Crippen molar-refractivity contribution < 1.29 is 17.9 Å². The molecule has 1 fully saturated rings. The molecule has 1 aliphatic carbocycles. The summed E-state index contributed by atoms with van der Waals surface area (Å²) in [5.74, 6) is 5.66. The van der Waals surface area contributed by atoms with E-state index >= 15 is 0 Å². The lowest BCUT2D eigenvalue weighted by molar-refractivity contribution is -0.306. The molecule has 0 atom stereocenters. The van der Waals surface area contributed by atoms with Gasteiger partial charge in [0.05, 0.1) is 0 Å². The van der Waals surface area contributed by atoms with Crippen LogP contribution in [0.2, 0.25) is 0 Å². The van der Waals surface area contributed by atoms with E-state index in [-0.39, 0.29) is 5.76 Å². The molecule has 0 bridgehead atoms. The average Bonchev–Trinajstić information content (AvgIpc) is 2.33. The first-order valence-electron chi connectivity index (χ1n) is 6.29. The third-order valence-electron chi connectivity index (χ3n) is 3.28. The average molecular weight is 277 g/mol. The Kier molecular flexibility index (Phi) is 4.49. The second kappa shape index (κ2) is 5.94. The fourth-order valence-electron chi connectivity index (χ4n) is 2.24. The molecular formula is C12H18F3N3O. The van der Waals surface area contributed by atoms with Crippen molar-refractivity contribution in [1.82, 2.24) is 9.91 Å². The summed E-state index contributed by atoms with van der Waals surface area (Å²) in [6.07, 6.45) is -0.507. The van der Waals surface area contributed by atoms with Crippen molar-refractivity contribution in [3.05, 3.63) is 23.5 Å². The zero-order chi connectivity index (χ0) is 13.9. The predicted octanol–water partition coefficient (Wildman–Crippen LogP) is 1.62. The minimum atomic E-state index is -4.59. The number of piperazine rings is 1. The number of hydrogen-bond acceptors (Lipinski definition) is 4. The number of hydrogen-bond donors (Lipinski definition) is 1. The first-order valence-corrected chi connectivity index (χ1v) is 6.29. The summed E-state index contributed by atoms with van der Waals surface area (Å²) < 4.78 is 40.0. The molecular weight excluding hydrogens is 259 g/mol. The van der Waals surface area contributed by atoms with Gasteiger partial charge in [0.1, 0.15) is 5.76 Å². The molecule has 1 aliphatic heterocycles. The van der Waals surface area contributed by atoms with Crippen LogP contribution in [0.4, 0.5) is 13.2 Å². The molecule has 0 spiro atoms. The van der Waals surface area contributed by atoms with Gasteiger partial charge in [-0.1, -0.05) is 11.6 Å². The minimum Gasteiger partial charge on any atom is -0.410 e. The molecule has 7 heteroatoms. The molecule has 1 heterocycles. The van der Waals surface area contributed by atoms with Crippen LogP contribution >= 0.6 is 0 Å². The monoisotopic (exact) mass is 277 g/mol. The second-order valence-electron chi connectivity index (χ2n) is 4.82. The van der Waals surface area contributed by atoms with Gasteiger partial charge in [-0.2, -0.15) is 0 Å². The van der Waals surface area contributed by atoms with E-state index in [1.807, 2.05) is 0 Å². The van der Waals surface area contributed by atoms with E-state index in [2.05, 4.69) is 9.64 Å². The number of alkyl halides is 3. The summed E-state index contributed by atoms with van der Waals surface area (Å²) in [6.45, 7) is 4.23. The van der Waals surface area contributed by atoms with Crippen molar-refractivity contribution >= 4 is 0 Å². The lowest BCUT2D eigenvalue weighted by atomic mass is 10.0. The molecule has 0 unspecified atom stereocenters. The maximum absolute atomic E-state index is 12.0. The molecule has 0 amide bonds. The summed E-state index contributed by atoms with van der Waals surface area (Å²) in [5.41, 5.74) is 1.14. The topological polar surface area (TPSA) is 41.7 Å². The molecule has 0 aromatic carbocycles. The number of rotatable bonds is 3. The number of ether oxygens (including phenoxy) is 1. The fraction of sp³-hybridized carbons (Fsp3) is 0.667. The fourth-order valence-corrected chi connectivity index (χ4v) is 2.24. The highest BCUT2D eigenvalue weighted by molar-refractivity contribution is 5.22. The highest BCUT2D eigenvalue weighted by Gasteiger charge is 2.32. The molecule has 0 aromatic rings. The number of allylic oxidation sites excluding steroid dienone is 3. The number of hydrazine groups is 1. The zero-order valence-corrected chi connectivity index (χ0v) is 10.6. The van der Waals surface area contributed by atoms with Gasteiger partial charge in [-0.3, -0.25) is 10.7 Å². The summed E-state index contributed by atoms with van der Waals surface area (Å²) in [5, 5.41) is 1.78. The third kappa shape index (κ3) is 4.85. The van der Waals surface area contributed by atoms with Crippen LogP contribution in [0.3, 0.4) is 0 Å². The van der Waals surface area contributed by atoms with Gasteiger partial charge in [-0.25, -0.2) is 5.01 Å². The van der Waals surface area contributed by atoms with Crippen molar-refractivity contribution in [2.24, 2.45) is 5.84 Å². The van der Waals surface area contributed by atoms with Gasteiger partial charge in [-0.15, -0.1) is 13.2 Å². The van der Waals surface area contributed by atoms with E-state index in [0.29, 0.717) is 12.8 Å². The summed E-state index contributed by atoms with van der Waals surface area (Å²) in [7, 11) is 0. The van der Waals surface area contributed by atoms with E-state index < -0.39 is 6.36 Å². The molecule has 2 aliphatic rings. The Morgan fingerprint density at radius 1 is 1.11 bits per heavy atom. The number of nitrogens with zero attached hydrogens (tertiary/aromatic N) is 2. The van der Waals surface area contributed by atoms with Crippen molar-refractivity contribution in [2.45, 2.75) is 19.2 Å². The highest BCUT2D eigenvalue weighted by Crippen LogP contribution is 2.27. The maximum atomic E-state index is 12.0. The van der Waals surface area contributed by atoms with Crippen LogP contribution in [0.15, 0.2) is 23.5 Å². The van der Waals surface area contributed by atoms with Crippen molar-refractivity contribution in [3.63, 3.8) is 0 Å². The van der Waals surface area contributed by atoms with Gasteiger partial charge in [0.15, 0.2) is 0 Å². The Labute approximate surface area is 110 Å². The van der Waals surface area contributed by atoms with Gasteiger partial charge in [0.25, 0.3) is 0 Å². The second-order valence-corrected chi connectivity index (χ2v) is 4.82. The smallest absolute Gasteiger partial charge is 0.410 e. The van der Waals surface area contributed by atoms with Crippen molar-refractivity contribution in [2.75, 3.05) is 32.7 Å². The van der Waals surface area contributed by atoms with Gasteiger partial charge >= 0.3 is 6.36 Å². The molecule has 108 valence electrons. The molecule has 2 N–H and O–H groups in total. The van der Waals surface area contributed by atoms with Crippen LogP contribution in [-0.4, -0.2) is 49.0 Å². The molecule has 0 saturated carbocycles. The summed E-state index contributed by atoms with van der Waals surface area (Å²) in [6, 6.07) is 0. The van der Waals surface area contributed by atoms with Crippen LogP contribution in [-0.2, 0) is 4.74 Å². The van der Waals surface area contributed by atoms with Gasteiger partial charge in [-0.05, 0) is 12.5 Å². The molecule has 0 aromatic heterocycles. The standard InChI is InChI=1S/C12H18F3N3O/c13-12(14,15)19-11-3-1-10(2-4-11)9-17-5-7-18(16)8-6-17/h1,3H,2,4-9,16H2. The molecule has 0 radical (unpaired) electrons. The predicted molar refractivity (Wildman–Crippen MR) is 64.7 cm³/mol. The summed E-state index contributed by atoms with van der Waals surface area (Å²) >= 11 is 0. The zero-order valence-electron chi connectivity index (χ0n) is 10.6. The Bertz CT molecular complexity index is 371. The van der Waals surface area contributed by atoms with Crippen molar-refractivity contribution in [1.29, 1.82) is 0 Å². The lowest BCUT2D eigenvalue weighted by Crippen LogP contribution is -2.49. The van der Waals surface area contributed by atoms with Crippen LogP contribution < -0.4 is 5.84 Å². The minimum absolute atomic E-state index is 0.0111.